The fourth-order valence-electron chi connectivity index (χ4n) is 12.4. The molecule has 1 aliphatic carbocycles. The minimum Gasteiger partial charge on any atom is -0.374 e. The lowest BCUT2D eigenvalue weighted by Crippen LogP contribution is -2.62. The monoisotopic (exact) mass is 937 g/mol. The molecule has 5 aromatic rings. The molecule has 1 spiro atoms. The Hall–Kier alpha value is -5.77. The maximum Gasteiger partial charge on any atom is 0.329 e. The summed E-state index contributed by atoms with van der Waals surface area (Å²) in [6, 6.07) is 7.37. The van der Waals surface area contributed by atoms with Crippen molar-refractivity contribution in [2.24, 2.45) is 18.9 Å². The molecule has 7 aliphatic rings. The second-order valence-electron chi connectivity index (χ2n) is 20.3. The standard InChI is InChI=1S/C47H57F2N13O6/c1-55-38-17-31(6-7-36(38)62(46(55)66)37-8-9-40(63)53-45(37)65)58-14-12-56(13-15-58)21-29-18-47(68-24-29)26-57(27-47)20-28-2-4-30(5-3-28)61-23-35(41(54-61)42(48)49)51-44(64)34-19-50-60-11-10-39(52-43(34)60)59-22-33-16-32(59)25-67-33/h6-7,10-11,17,19,23,28-30,32-33,37,42H,2-5,8-9,12-16,18,20-22,24-27H2,1H3,(H,51,64)(H,53,63,65)/t28-,29?,30-,32-,33-,37?/m1/s1. The van der Waals surface area contributed by atoms with Gasteiger partial charge in [-0.25, -0.2) is 23.1 Å². The van der Waals surface area contributed by atoms with Crippen LogP contribution in [0.4, 0.5) is 26.0 Å². The Bertz CT molecular complexity index is 2840. The van der Waals surface area contributed by atoms with Gasteiger partial charge in [-0.2, -0.15) is 10.2 Å². The van der Waals surface area contributed by atoms with Crippen LogP contribution in [0.3, 0.4) is 0 Å². The van der Waals surface area contributed by atoms with Gasteiger partial charge in [-0.15, -0.1) is 0 Å². The Balaban J connectivity index is 0.598. The Morgan fingerprint density at radius 1 is 0.956 bits per heavy atom. The van der Waals surface area contributed by atoms with E-state index in [0.717, 1.165) is 121 Å². The molecule has 12 rings (SSSR count). The largest absolute Gasteiger partial charge is 0.374 e. The maximum absolute atomic E-state index is 14.3. The van der Waals surface area contributed by atoms with Gasteiger partial charge in [-0.05, 0) is 81.0 Å². The Morgan fingerprint density at radius 2 is 1.76 bits per heavy atom. The van der Waals surface area contributed by atoms with Crippen molar-refractivity contribution in [3.8, 4) is 0 Å². The third kappa shape index (κ3) is 7.83. The van der Waals surface area contributed by atoms with Crippen LogP contribution in [0.1, 0.15) is 85.9 Å². The second kappa shape index (κ2) is 17.0. The molecule has 68 heavy (non-hydrogen) atoms. The number of amides is 3. The molecule has 10 heterocycles. The molecule has 7 fully saturated rings. The van der Waals surface area contributed by atoms with Crippen molar-refractivity contribution in [1.29, 1.82) is 0 Å². The highest BCUT2D eigenvalue weighted by molar-refractivity contribution is 6.08. The van der Waals surface area contributed by atoms with E-state index in [9.17, 15) is 28.0 Å². The summed E-state index contributed by atoms with van der Waals surface area (Å²) in [7, 11) is 1.73. The predicted octanol–water partition coefficient (Wildman–Crippen LogP) is 3.37. The first-order valence-corrected chi connectivity index (χ1v) is 24.2. The van der Waals surface area contributed by atoms with Crippen LogP contribution in [0.25, 0.3) is 16.7 Å². The van der Waals surface area contributed by atoms with Gasteiger partial charge >= 0.3 is 5.69 Å². The number of hydrogen-bond donors (Lipinski definition) is 2. The van der Waals surface area contributed by atoms with E-state index in [1.54, 1.807) is 28.7 Å². The molecule has 19 nitrogen and oxygen atoms in total. The molecule has 2 N–H and O–H groups in total. The number of benzene rings is 1. The van der Waals surface area contributed by atoms with E-state index >= 15 is 0 Å². The SMILES string of the molecule is Cn1c(=O)n(C2CCC(=O)NC2=O)c2ccc(N3CCN(CC4COC5(C4)CN(C[C@H]4CC[C@H](n6cc(NC(=O)c7cnn8ccc(N9C[C@H]%10C[C@@H]9CO%10)nc78)c(C(F)F)n6)CC4)C5)CC3)cc21. The number of piperidine rings is 1. The number of anilines is 3. The van der Waals surface area contributed by atoms with E-state index in [1.807, 2.05) is 24.3 Å². The Labute approximate surface area is 390 Å². The molecular formula is C47H57F2N13O6. The number of nitrogens with zero attached hydrogens (tertiary/aromatic N) is 11. The van der Waals surface area contributed by atoms with Crippen LogP contribution in [0, 0.1) is 11.8 Å². The van der Waals surface area contributed by atoms with Crippen LogP contribution in [-0.2, 0) is 26.1 Å². The molecule has 6 saturated heterocycles. The number of aromatic nitrogens is 7. The lowest BCUT2D eigenvalue weighted by atomic mass is 9.82. The number of carbonyl (C=O) groups is 3. The molecule has 6 aliphatic heterocycles. The van der Waals surface area contributed by atoms with E-state index in [2.05, 4.69) is 40.4 Å². The summed E-state index contributed by atoms with van der Waals surface area (Å²) >= 11 is 0. The van der Waals surface area contributed by atoms with Crippen molar-refractivity contribution in [2.45, 2.75) is 87.6 Å². The number of ether oxygens (including phenoxy) is 2. The molecule has 21 heteroatoms. The molecule has 1 saturated carbocycles. The Morgan fingerprint density at radius 3 is 2.51 bits per heavy atom. The van der Waals surface area contributed by atoms with Gasteiger partial charge in [0.2, 0.25) is 11.8 Å². The van der Waals surface area contributed by atoms with E-state index in [0.29, 0.717) is 36.0 Å². The summed E-state index contributed by atoms with van der Waals surface area (Å²) in [5, 5.41) is 13.7. The highest BCUT2D eigenvalue weighted by Gasteiger charge is 2.50. The topological polar surface area (TPSA) is 182 Å². The molecule has 0 radical (unpaired) electrons. The van der Waals surface area contributed by atoms with E-state index in [1.165, 1.54) is 15.3 Å². The summed E-state index contributed by atoms with van der Waals surface area (Å²) in [6.45, 7) is 9.63. The third-order valence-electron chi connectivity index (χ3n) is 15.9. The number of rotatable bonds is 11. The number of hydrogen-bond acceptors (Lipinski definition) is 13. The summed E-state index contributed by atoms with van der Waals surface area (Å²) in [6.07, 6.45) is 8.17. The molecular weight excluding hydrogens is 881 g/mol. The number of imide groups is 1. The third-order valence-corrected chi connectivity index (χ3v) is 15.9. The lowest BCUT2D eigenvalue weighted by Gasteiger charge is -2.49. The normalized spacial score (nSPS) is 27.6. The van der Waals surface area contributed by atoms with E-state index < -0.39 is 30.0 Å². The van der Waals surface area contributed by atoms with Gasteiger partial charge in [0.1, 0.15) is 17.4 Å². The van der Waals surface area contributed by atoms with Crippen LogP contribution >= 0.6 is 0 Å². The summed E-state index contributed by atoms with van der Waals surface area (Å²) in [5.74, 6) is 0.426. The van der Waals surface area contributed by atoms with Crippen LogP contribution in [0.5, 0.6) is 0 Å². The van der Waals surface area contributed by atoms with Crippen LogP contribution in [0.2, 0.25) is 0 Å². The van der Waals surface area contributed by atoms with Crippen molar-refractivity contribution < 1.29 is 32.6 Å². The van der Waals surface area contributed by atoms with Crippen LogP contribution in [-0.4, -0.2) is 151 Å². The quantitative estimate of drug-likeness (QED) is 0.184. The maximum atomic E-state index is 14.3. The molecule has 3 amide bonds. The average Bonchev–Trinajstić information content (AvgIpc) is 4.21. The Kier molecular flexibility index (Phi) is 10.9. The highest BCUT2D eigenvalue weighted by Crippen LogP contribution is 2.41. The summed E-state index contributed by atoms with van der Waals surface area (Å²) < 4.78 is 47.2. The summed E-state index contributed by atoms with van der Waals surface area (Å²) in [4.78, 5) is 65.6. The van der Waals surface area contributed by atoms with E-state index in [4.69, 9.17) is 14.5 Å². The number of halogens is 2. The number of aryl methyl sites for hydroxylation is 1. The number of nitrogens with one attached hydrogen (secondary N) is 2. The number of morpholine rings is 1. The van der Waals surface area contributed by atoms with Crippen molar-refractivity contribution in [3.63, 3.8) is 0 Å². The van der Waals surface area contributed by atoms with Crippen molar-refractivity contribution in [1.82, 2.24) is 48.6 Å². The van der Waals surface area contributed by atoms with Gasteiger partial charge in [0.05, 0.1) is 59.9 Å². The molecule has 1 aromatic carbocycles. The smallest absolute Gasteiger partial charge is 0.329 e. The average molecular weight is 938 g/mol. The van der Waals surface area contributed by atoms with Gasteiger partial charge in [0, 0.05) is 90.5 Å². The van der Waals surface area contributed by atoms with Gasteiger partial charge in [0.25, 0.3) is 12.3 Å². The first kappa shape index (κ1) is 43.5. The highest BCUT2D eigenvalue weighted by atomic mass is 19.3. The zero-order chi connectivity index (χ0) is 46.4. The number of likely N-dealkylation sites (tertiary alicyclic amines) is 1. The molecule has 360 valence electrons. The van der Waals surface area contributed by atoms with Gasteiger partial charge in [0.15, 0.2) is 11.3 Å². The minimum atomic E-state index is -2.85. The van der Waals surface area contributed by atoms with Crippen molar-refractivity contribution in [2.75, 3.05) is 87.2 Å². The van der Waals surface area contributed by atoms with Crippen LogP contribution < -0.4 is 26.1 Å². The fraction of sp³-hybridized carbons (Fsp3) is 0.596. The first-order chi connectivity index (χ1) is 32.9. The zero-order valence-electron chi connectivity index (χ0n) is 38.1. The zero-order valence-corrected chi connectivity index (χ0v) is 38.1. The first-order valence-electron chi connectivity index (χ1n) is 24.2. The molecule has 2 bridgehead atoms. The molecule has 2 unspecified atom stereocenters. The molecule has 4 aromatic heterocycles. The second-order valence-corrected chi connectivity index (χ2v) is 20.3. The lowest BCUT2D eigenvalue weighted by molar-refractivity contribution is -0.135. The van der Waals surface area contributed by atoms with Gasteiger partial charge < -0.3 is 24.6 Å². The van der Waals surface area contributed by atoms with Crippen molar-refractivity contribution >= 4 is 51.6 Å². The van der Waals surface area contributed by atoms with Crippen molar-refractivity contribution in [3.05, 3.63) is 64.6 Å². The fourth-order valence-corrected chi connectivity index (χ4v) is 12.4. The van der Waals surface area contributed by atoms with Gasteiger partial charge in [-0.3, -0.25) is 43.3 Å². The summed E-state index contributed by atoms with van der Waals surface area (Å²) in [5.41, 5.74) is 2.29. The van der Waals surface area contributed by atoms with E-state index in [-0.39, 0.29) is 53.1 Å². The number of piperazine rings is 1. The van der Waals surface area contributed by atoms with Gasteiger partial charge in [-0.1, -0.05) is 0 Å². The van der Waals surface area contributed by atoms with Crippen LogP contribution in [0.15, 0.2) is 47.7 Å². The number of imidazole rings is 1. The predicted molar refractivity (Wildman–Crippen MR) is 245 cm³/mol. The molecule has 4 atom stereocenters. The number of alkyl halides is 2. The minimum absolute atomic E-state index is 0.00486. The number of carbonyl (C=O) groups excluding carboxylic acids is 3. The number of fused-ring (bicyclic) bond motifs is 4.